The largest absolute Gasteiger partial charge is 0.480 e. The van der Waals surface area contributed by atoms with Crippen molar-refractivity contribution in [1.29, 1.82) is 0 Å². The van der Waals surface area contributed by atoms with E-state index in [-0.39, 0.29) is 61.7 Å². The average molecular weight is 889 g/mol. The van der Waals surface area contributed by atoms with Crippen LogP contribution in [0.1, 0.15) is 93.1 Å². The van der Waals surface area contributed by atoms with E-state index in [1.54, 1.807) is 44.4 Å². The minimum atomic E-state index is -1.42. The maximum Gasteiger partial charge on any atom is 0.326 e. The molecule has 1 unspecified atom stereocenters. The second kappa shape index (κ2) is 23.3. The highest BCUT2D eigenvalue weighted by molar-refractivity contribution is 8.00. The molecule has 0 radical (unpaired) electrons. The lowest BCUT2D eigenvalue weighted by Crippen LogP contribution is -2.61. The summed E-state index contributed by atoms with van der Waals surface area (Å²) in [5, 5.41) is 26.6. The molecule has 18 nitrogen and oxygen atoms in total. The van der Waals surface area contributed by atoms with Crippen molar-refractivity contribution < 1.29 is 58.1 Å². The summed E-state index contributed by atoms with van der Waals surface area (Å²) in [4.78, 5) is 116. The third kappa shape index (κ3) is 14.8. The number of carbonyl (C=O) groups excluding carboxylic acids is 7. The predicted octanol–water partition coefficient (Wildman–Crippen LogP) is 2.02. The van der Waals surface area contributed by atoms with E-state index in [0.29, 0.717) is 12.2 Å². The maximum absolute atomic E-state index is 14.3. The second-order valence-electron chi connectivity index (χ2n) is 17.4. The number of ketones is 1. The third-order valence-electron chi connectivity index (χ3n) is 10.9. The number of likely N-dealkylation sites (N-methyl/N-ethyl adjacent to an activating group) is 2. The Morgan fingerprint density at radius 2 is 1.60 bits per heavy atom. The Bertz CT molecular complexity index is 1840. The van der Waals surface area contributed by atoms with Gasteiger partial charge in [0.25, 0.3) is 6.47 Å². The molecule has 1 heterocycles. The fourth-order valence-corrected chi connectivity index (χ4v) is 8.13. The lowest BCUT2D eigenvalue weighted by atomic mass is 9.76. The van der Waals surface area contributed by atoms with Gasteiger partial charge in [0.1, 0.15) is 29.7 Å². The number of likely N-dealkylation sites (tertiary alicyclic amines) is 1. The van der Waals surface area contributed by atoms with Crippen LogP contribution in [0.25, 0.3) is 0 Å². The zero-order valence-corrected chi connectivity index (χ0v) is 38.1. The number of carboxylic acid groups (broad SMARTS) is 2. The number of aliphatic carboxylic acids is 2. The van der Waals surface area contributed by atoms with Crippen molar-refractivity contribution in [2.24, 2.45) is 17.1 Å². The van der Waals surface area contributed by atoms with Gasteiger partial charge in [0.2, 0.25) is 29.5 Å². The minimum absolute atomic E-state index is 0.0313. The van der Waals surface area contributed by atoms with Crippen LogP contribution in [0.2, 0.25) is 0 Å². The summed E-state index contributed by atoms with van der Waals surface area (Å²) in [5.41, 5.74) is 4.85. The molecule has 0 bridgehead atoms. The van der Waals surface area contributed by atoms with Crippen LogP contribution in [0.5, 0.6) is 5.75 Å². The van der Waals surface area contributed by atoms with Crippen LogP contribution in [-0.4, -0.2) is 136 Å². The van der Waals surface area contributed by atoms with E-state index in [1.807, 2.05) is 48.5 Å². The van der Waals surface area contributed by atoms with E-state index < -0.39 is 87.8 Å². The summed E-state index contributed by atoms with van der Waals surface area (Å²) in [7, 11) is 3.21. The SMILES string of the molecule is CN[C@H](C(=O)N[C@H](C(=O)N(C)[C@H](/C=C(\C)C(=O)N[C@H](CCC(=O)CCCN1C(=O)CC(SC[C@H](N)C(=O)O)C1=O)C(=O)O)C(C)C)C(C)(C)C)C(C)(C)c1ccc(OC=O)cc1. The average Bonchev–Trinajstić information content (AvgIpc) is 3.46. The zero-order chi connectivity index (χ0) is 47.3. The number of amides is 5. The van der Waals surface area contributed by atoms with E-state index in [0.717, 1.165) is 22.2 Å². The number of Topliss-reactive ketones (excluding diaryl/α,β-unsaturated/α-hetero) is 1. The second-order valence-corrected chi connectivity index (χ2v) is 18.7. The molecule has 62 heavy (non-hydrogen) atoms. The summed E-state index contributed by atoms with van der Waals surface area (Å²) in [6.07, 6.45) is 1.12. The van der Waals surface area contributed by atoms with Crippen molar-refractivity contribution >= 4 is 65.5 Å². The molecule has 2 rings (SSSR count). The van der Waals surface area contributed by atoms with Gasteiger partial charge in [0.15, 0.2) is 0 Å². The molecule has 0 aliphatic carbocycles. The summed E-state index contributed by atoms with van der Waals surface area (Å²) in [6, 6.07) is 1.69. The Morgan fingerprint density at radius 3 is 2.11 bits per heavy atom. The maximum atomic E-state index is 14.3. The Balaban J connectivity index is 2.09. The minimum Gasteiger partial charge on any atom is -0.480 e. The van der Waals surface area contributed by atoms with Gasteiger partial charge in [-0.15, -0.1) is 11.8 Å². The molecule has 1 saturated heterocycles. The molecule has 5 amide bonds. The molecule has 0 saturated carbocycles. The quantitative estimate of drug-likeness (QED) is 0.0466. The Morgan fingerprint density at radius 1 is 0.984 bits per heavy atom. The highest BCUT2D eigenvalue weighted by Crippen LogP contribution is 2.31. The van der Waals surface area contributed by atoms with E-state index in [1.165, 1.54) is 11.8 Å². The van der Waals surface area contributed by atoms with Gasteiger partial charge in [-0.25, -0.2) is 4.79 Å². The van der Waals surface area contributed by atoms with Crippen LogP contribution in [0.15, 0.2) is 35.9 Å². The molecule has 1 aliphatic rings. The first-order chi connectivity index (χ1) is 28.8. The summed E-state index contributed by atoms with van der Waals surface area (Å²) < 4.78 is 4.90. The number of thioether (sulfide) groups is 1. The van der Waals surface area contributed by atoms with Crippen LogP contribution in [-0.2, 0) is 48.6 Å². The molecular formula is C43H64N6O12S. The lowest BCUT2D eigenvalue weighted by Gasteiger charge is -2.40. The van der Waals surface area contributed by atoms with Crippen molar-refractivity contribution in [3.63, 3.8) is 0 Å². The molecule has 1 aromatic carbocycles. The molecule has 0 aromatic heterocycles. The number of nitrogens with zero attached hydrogens (tertiary/aromatic N) is 2. The van der Waals surface area contributed by atoms with Gasteiger partial charge in [-0.1, -0.05) is 66.7 Å². The van der Waals surface area contributed by atoms with Gasteiger partial charge in [-0.3, -0.25) is 43.3 Å². The monoisotopic (exact) mass is 888 g/mol. The predicted molar refractivity (Wildman–Crippen MR) is 232 cm³/mol. The van der Waals surface area contributed by atoms with Gasteiger partial charge >= 0.3 is 11.9 Å². The standard InChI is InChI=1S/C43H64N6O12S/c1-24(2)31(48(10)39(56)35(42(4,5)6)47-37(54)34(45-9)43(7,8)26-13-16-28(17-14-26)61-23-50)20-25(3)36(53)46-30(41(59)60)18-15-27(51)12-11-19-49-33(52)21-32(38(49)55)62-22-29(44)40(57)58/h13-14,16-17,20,23-24,29-32,34-35,45H,11-12,15,18-19,21-22,44H2,1-10H3,(H,46,53)(H,47,54)(H,57,58)(H,59,60)/b25-20+/t29-,30+,31+,32?,34+,35+/m0/s1. The number of ether oxygens (including phenoxy) is 1. The van der Waals surface area contributed by atoms with Crippen LogP contribution < -0.4 is 26.4 Å². The van der Waals surface area contributed by atoms with Crippen molar-refractivity contribution in [3.05, 3.63) is 41.5 Å². The van der Waals surface area contributed by atoms with E-state index in [2.05, 4.69) is 16.0 Å². The molecule has 1 aromatic rings. The van der Waals surface area contributed by atoms with Crippen LogP contribution in [0.4, 0.5) is 0 Å². The molecule has 7 N–H and O–H groups in total. The molecule has 0 spiro atoms. The fourth-order valence-electron chi connectivity index (χ4n) is 7.02. The highest BCUT2D eigenvalue weighted by Gasteiger charge is 2.42. The lowest BCUT2D eigenvalue weighted by molar-refractivity contribution is -0.142. The smallest absolute Gasteiger partial charge is 0.326 e. The van der Waals surface area contributed by atoms with Gasteiger partial charge in [-0.2, -0.15) is 0 Å². The van der Waals surface area contributed by atoms with Crippen molar-refractivity contribution in [2.45, 2.75) is 128 Å². The Hall–Kier alpha value is -5.14. The molecule has 19 heteroatoms. The van der Waals surface area contributed by atoms with Crippen LogP contribution >= 0.6 is 11.8 Å². The van der Waals surface area contributed by atoms with Gasteiger partial charge in [-0.05, 0) is 55.8 Å². The first-order valence-electron chi connectivity index (χ1n) is 20.4. The number of rotatable bonds is 25. The summed E-state index contributed by atoms with van der Waals surface area (Å²) in [5.74, 6) is -5.33. The number of nitrogens with one attached hydrogen (secondary N) is 3. The topological polar surface area (TPSA) is 272 Å². The van der Waals surface area contributed by atoms with E-state index >= 15 is 0 Å². The molecule has 1 fully saturated rings. The highest BCUT2D eigenvalue weighted by atomic mass is 32.2. The summed E-state index contributed by atoms with van der Waals surface area (Å²) in [6.45, 7) is 14.7. The van der Waals surface area contributed by atoms with Crippen molar-refractivity contribution in [1.82, 2.24) is 25.8 Å². The van der Waals surface area contributed by atoms with E-state index in [4.69, 9.17) is 15.6 Å². The van der Waals surface area contributed by atoms with Crippen molar-refractivity contribution in [2.75, 3.05) is 26.4 Å². The number of benzene rings is 1. The van der Waals surface area contributed by atoms with Gasteiger partial charge in [0, 0.05) is 49.6 Å². The number of nitrogens with two attached hydrogens (primary N) is 1. The fraction of sp³-hybridized carbons (Fsp3) is 0.605. The normalized spacial score (nSPS) is 17.1. The molecular weight excluding hydrogens is 825 g/mol. The first-order valence-corrected chi connectivity index (χ1v) is 21.5. The number of carboxylic acids is 2. The molecule has 1 aliphatic heterocycles. The zero-order valence-electron chi connectivity index (χ0n) is 37.3. The number of hydrogen-bond donors (Lipinski definition) is 6. The first kappa shape index (κ1) is 53.0. The number of carbonyl (C=O) groups is 9. The number of imide groups is 1. The van der Waals surface area contributed by atoms with Crippen molar-refractivity contribution in [3.8, 4) is 5.75 Å². The summed E-state index contributed by atoms with van der Waals surface area (Å²) >= 11 is 0.989. The van der Waals surface area contributed by atoms with Gasteiger partial charge in [0.05, 0.1) is 17.3 Å². The van der Waals surface area contributed by atoms with Gasteiger partial charge < -0.3 is 41.5 Å². The Kier molecular flexibility index (Phi) is 20.0. The Labute approximate surface area is 367 Å². The molecule has 344 valence electrons. The third-order valence-corrected chi connectivity index (χ3v) is 12.2. The van der Waals surface area contributed by atoms with E-state index in [9.17, 15) is 48.3 Å². The van der Waals surface area contributed by atoms with Crippen LogP contribution in [0.3, 0.4) is 0 Å². The number of hydrogen-bond acceptors (Lipinski definition) is 13. The van der Waals surface area contributed by atoms with Crippen LogP contribution in [0, 0.1) is 11.3 Å². The molecule has 6 atom stereocenters.